The maximum Gasteiger partial charge on any atom is 0.323 e. The van der Waals surface area contributed by atoms with Crippen LogP contribution < -0.4 is 10.0 Å². The Morgan fingerprint density at radius 3 is 2.25 bits per heavy atom. The molecule has 0 radical (unpaired) electrons. The summed E-state index contributed by atoms with van der Waals surface area (Å²) in [6.07, 6.45) is 2.44. The summed E-state index contributed by atoms with van der Waals surface area (Å²) in [6, 6.07) is 3.59. The molecule has 2 rings (SSSR count). The summed E-state index contributed by atoms with van der Waals surface area (Å²) in [4.78, 5) is 26.6. The van der Waals surface area contributed by atoms with Crippen molar-refractivity contribution < 1.29 is 23.1 Å². The molecule has 0 saturated carbocycles. The number of hydrogen-bond donors (Lipinski definition) is 4. The first-order valence-electron chi connectivity index (χ1n) is 8.83. The molecule has 1 aromatic heterocycles. The predicted molar refractivity (Wildman–Crippen MR) is 105 cm³/mol. The third-order valence-corrected chi connectivity index (χ3v) is 6.11. The van der Waals surface area contributed by atoms with Crippen LogP contribution in [0.2, 0.25) is 0 Å². The molecule has 0 aliphatic heterocycles. The van der Waals surface area contributed by atoms with Crippen molar-refractivity contribution >= 4 is 21.9 Å². The van der Waals surface area contributed by atoms with Crippen LogP contribution in [0, 0.1) is 20.8 Å². The molecule has 1 amide bonds. The molecule has 0 spiro atoms. The molecular weight excluding hydrogens is 382 g/mol. The molecule has 28 heavy (non-hydrogen) atoms. The van der Waals surface area contributed by atoms with E-state index >= 15 is 0 Å². The van der Waals surface area contributed by atoms with Gasteiger partial charge in [-0.15, -0.1) is 0 Å². The van der Waals surface area contributed by atoms with Gasteiger partial charge in [-0.2, -0.15) is 4.72 Å². The van der Waals surface area contributed by atoms with Crippen molar-refractivity contribution in [2.75, 3.05) is 6.54 Å². The number of sulfonamides is 1. The number of H-pyrrole nitrogens is 1. The maximum atomic E-state index is 12.8. The number of carbonyl (C=O) groups excluding carboxylic acids is 1. The zero-order chi connectivity index (χ0) is 21.1. The smallest absolute Gasteiger partial charge is 0.323 e. The first kappa shape index (κ1) is 21.6. The van der Waals surface area contributed by atoms with Crippen molar-refractivity contribution in [1.82, 2.24) is 15.0 Å². The van der Waals surface area contributed by atoms with E-state index in [4.69, 9.17) is 0 Å². The van der Waals surface area contributed by atoms with Crippen LogP contribution in [0.1, 0.15) is 39.7 Å². The largest absolute Gasteiger partial charge is 0.480 e. The molecule has 0 aliphatic carbocycles. The molecule has 0 bridgehead atoms. The fourth-order valence-corrected chi connectivity index (χ4v) is 4.72. The molecule has 0 unspecified atom stereocenters. The summed E-state index contributed by atoms with van der Waals surface area (Å²) in [5.41, 5.74) is 3.18. The van der Waals surface area contributed by atoms with Crippen molar-refractivity contribution in [2.24, 2.45) is 0 Å². The molecule has 1 heterocycles. The number of carboxylic acids is 1. The van der Waals surface area contributed by atoms with E-state index in [0.717, 1.165) is 17.5 Å². The summed E-state index contributed by atoms with van der Waals surface area (Å²) in [5.74, 6) is -1.89. The van der Waals surface area contributed by atoms with Crippen LogP contribution in [0.25, 0.3) is 0 Å². The number of amides is 1. The van der Waals surface area contributed by atoms with Crippen molar-refractivity contribution in [1.29, 1.82) is 0 Å². The van der Waals surface area contributed by atoms with Gasteiger partial charge in [0, 0.05) is 12.7 Å². The van der Waals surface area contributed by atoms with Crippen molar-refractivity contribution in [3.05, 3.63) is 52.3 Å². The topological polar surface area (TPSA) is 128 Å². The van der Waals surface area contributed by atoms with Crippen molar-refractivity contribution in [3.63, 3.8) is 0 Å². The summed E-state index contributed by atoms with van der Waals surface area (Å²) < 4.78 is 27.7. The van der Waals surface area contributed by atoms with Gasteiger partial charge < -0.3 is 15.4 Å². The highest BCUT2D eigenvalue weighted by Crippen LogP contribution is 2.21. The van der Waals surface area contributed by atoms with E-state index in [1.54, 1.807) is 38.2 Å². The SMILES string of the molecule is CCc1c[nH]c(C(=O)NC[C@H](NS(=O)(=O)c2c(C)cc(C)cc2C)C(=O)O)c1. The second-order valence-corrected chi connectivity index (χ2v) is 8.38. The number of carboxylic acid groups (broad SMARTS) is 1. The van der Waals surface area contributed by atoms with E-state index in [9.17, 15) is 23.1 Å². The number of carbonyl (C=O) groups is 2. The quantitative estimate of drug-likeness (QED) is 0.529. The maximum absolute atomic E-state index is 12.8. The van der Waals surface area contributed by atoms with Crippen LogP contribution in [-0.2, 0) is 21.2 Å². The normalized spacial score (nSPS) is 12.6. The predicted octanol–water partition coefficient (Wildman–Crippen LogP) is 1.66. The van der Waals surface area contributed by atoms with Gasteiger partial charge in [0.1, 0.15) is 11.7 Å². The van der Waals surface area contributed by atoms with Gasteiger partial charge in [0.15, 0.2) is 0 Å². The van der Waals surface area contributed by atoms with Gasteiger partial charge >= 0.3 is 5.97 Å². The number of aryl methyl sites for hydroxylation is 4. The second-order valence-electron chi connectivity index (χ2n) is 6.73. The zero-order valence-corrected chi connectivity index (χ0v) is 17.1. The van der Waals surface area contributed by atoms with Gasteiger partial charge in [0.25, 0.3) is 5.91 Å². The van der Waals surface area contributed by atoms with Crippen LogP contribution >= 0.6 is 0 Å². The monoisotopic (exact) mass is 407 g/mol. The summed E-state index contributed by atoms with van der Waals surface area (Å²) >= 11 is 0. The number of aliphatic carboxylic acids is 1. The summed E-state index contributed by atoms with van der Waals surface area (Å²) in [7, 11) is -4.08. The minimum atomic E-state index is -4.08. The third kappa shape index (κ3) is 4.99. The fraction of sp³-hybridized carbons (Fsp3) is 0.368. The van der Waals surface area contributed by atoms with Crippen LogP contribution in [0.15, 0.2) is 29.3 Å². The lowest BCUT2D eigenvalue weighted by Gasteiger charge is -2.18. The van der Waals surface area contributed by atoms with Gasteiger partial charge in [-0.3, -0.25) is 9.59 Å². The highest BCUT2D eigenvalue weighted by molar-refractivity contribution is 7.89. The van der Waals surface area contributed by atoms with Crippen LogP contribution in [0.4, 0.5) is 0 Å². The van der Waals surface area contributed by atoms with Gasteiger partial charge in [-0.1, -0.05) is 24.6 Å². The Morgan fingerprint density at radius 1 is 1.14 bits per heavy atom. The third-order valence-electron chi connectivity index (χ3n) is 4.33. The van der Waals surface area contributed by atoms with Crippen molar-refractivity contribution in [3.8, 4) is 0 Å². The van der Waals surface area contributed by atoms with E-state index in [-0.39, 0.29) is 10.6 Å². The molecule has 0 fully saturated rings. The number of benzene rings is 1. The van der Waals surface area contributed by atoms with Crippen LogP contribution in [-0.4, -0.2) is 43.0 Å². The number of aromatic nitrogens is 1. The van der Waals surface area contributed by atoms with E-state index in [1.807, 2.05) is 13.8 Å². The Kier molecular flexibility index (Phi) is 6.63. The highest BCUT2D eigenvalue weighted by Gasteiger charge is 2.28. The minimum Gasteiger partial charge on any atom is -0.480 e. The average molecular weight is 407 g/mol. The Bertz CT molecular complexity index is 972. The molecule has 0 saturated heterocycles. The number of nitrogens with one attached hydrogen (secondary N) is 3. The van der Waals surface area contributed by atoms with E-state index < -0.39 is 34.5 Å². The highest BCUT2D eigenvalue weighted by atomic mass is 32.2. The van der Waals surface area contributed by atoms with Gasteiger partial charge in [-0.25, -0.2) is 8.42 Å². The van der Waals surface area contributed by atoms with Gasteiger partial charge in [0.05, 0.1) is 4.90 Å². The molecule has 8 nitrogen and oxygen atoms in total. The summed E-state index contributed by atoms with van der Waals surface area (Å²) in [5, 5.41) is 11.9. The Balaban J connectivity index is 2.16. The molecule has 152 valence electrons. The second kappa shape index (κ2) is 8.57. The van der Waals surface area contributed by atoms with Gasteiger partial charge in [-0.05, 0) is 49.9 Å². The molecule has 1 atom stereocenters. The number of rotatable bonds is 8. The summed E-state index contributed by atoms with van der Waals surface area (Å²) in [6.45, 7) is 6.71. The van der Waals surface area contributed by atoms with E-state index in [1.165, 1.54) is 0 Å². The average Bonchev–Trinajstić information content (AvgIpc) is 3.06. The number of aromatic amines is 1. The standard InChI is InChI=1S/C19H25N3O5S/c1-5-14-8-15(20-9-14)18(23)21-10-16(19(24)25)22-28(26,27)17-12(3)6-11(2)7-13(17)4/h6-9,16,20,22H,5,10H2,1-4H3,(H,21,23)(H,24,25)/t16-/m0/s1. The Morgan fingerprint density at radius 2 is 1.75 bits per heavy atom. The van der Waals surface area contributed by atoms with Crippen molar-refractivity contribution in [2.45, 2.75) is 45.1 Å². The minimum absolute atomic E-state index is 0.0487. The number of hydrogen-bond acceptors (Lipinski definition) is 4. The lowest BCUT2D eigenvalue weighted by Crippen LogP contribution is -2.48. The lowest BCUT2D eigenvalue weighted by atomic mass is 10.1. The van der Waals surface area contributed by atoms with E-state index in [0.29, 0.717) is 11.1 Å². The molecule has 0 aliphatic rings. The molecular formula is C19H25N3O5S. The molecule has 2 aromatic rings. The Hall–Kier alpha value is -2.65. The molecule has 4 N–H and O–H groups in total. The van der Waals surface area contributed by atoms with Gasteiger partial charge in [0.2, 0.25) is 10.0 Å². The zero-order valence-electron chi connectivity index (χ0n) is 16.3. The van der Waals surface area contributed by atoms with Crippen LogP contribution in [0.3, 0.4) is 0 Å². The van der Waals surface area contributed by atoms with Crippen LogP contribution in [0.5, 0.6) is 0 Å². The fourth-order valence-electron chi connectivity index (χ4n) is 3.08. The first-order chi connectivity index (χ1) is 13.0. The lowest BCUT2D eigenvalue weighted by molar-refractivity contribution is -0.138. The Labute approximate surface area is 164 Å². The molecule has 9 heteroatoms. The first-order valence-corrected chi connectivity index (χ1v) is 10.3. The molecule has 1 aromatic carbocycles. The van der Waals surface area contributed by atoms with E-state index in [2.05, 4.69) is 15.0 Å².